The van der Waals surface area contributed by atoms with E-state index in [1.807, 2.05) is 6.21 Å². The van der Waals surface area contributed by atoms with Crippen LogP contribution in [0.1, 0.15) is 13.3 Å². The molecule has 0 amide bonds. The van der Waals surface area contributed by atoms with Gasteiger partial charge in [-0.3, -0.25) is 0 Å². The van der Waals surface area contributed by atoms with Crippen molar-refractivity contribution in [2.75, 3.05) is 12.4 Å². The zero-order valence-electron chi connectivity index (χ0n) is 6.03. The van der Waals surface area contributed by atoms with Crippen molar-refractivity contribution in [1.29, 1.82) is 0 Å². The van der Waals surface area contributed by atoms with Gasteiger partial charge >= 0.3 is 0 Å². The van der Waals surface area contributed by atoms with E-state index in [1.165, 1.54) is 19.1 Å². The summed E-state index contributed by atoms with van der Waals surface area (Å²) in [6.07, 6.45) is 2.56. The molecule has 0 aliphatic carbocycles. The second-order valence-electron chi connectivity index (χ2n) is 1.94. The number of aliphatic hydroxyl groups is 2. The summed E-state index contributed by atoms with van der Waals surface area (Å²) in [6, 6.07) is 0. The molecular formula is C6H13NO2S. The van der Waals surface area contributed by atoms with E-state index in [2.05, 4.69) is 4.40 Å². The van der Waals surface area contributed by atoms with Crippen LogP contribution in [-0.4, -0.2) is 34.9 Å². The zero-order chi connectivity index (χ0) is 7.82. The molecule has 0 saturated carbocycles. The van der Waals surface area contributed by atoms with Gasteiger partial charge in [0.25, 0.3) is 0 Å². The Morgan fingerprint density at radius 3 is 2.50 bits per heavy atom. The monoisotopic (exact) mass is 163 g/mol. The summed E-state index contributed by atoms with van der Waals surface area (Å²) in [6.45, 7) is 1.39. The summed E-state index contributed by atoms with van der Waals surface area (Å²) >= 11 is 1.64. The lowest BCUT2D eigenvalue weighted by Crippen LogP contribution is -2.03. The number of hydrogen-bond acceptors (Lipinski definition) is 4. The number of nitrogens with zero attached hydrogens (tertiary/aromatic N) is 1. The molecule has 0 fully saturated rings. The molecule has 0 aromatic rings. The van der Waals surface area contributed by atoms with E-state index in [4.69, 9.17) is 10.2 Å². The highest BCUT2D eigenvalue weighted by Gasteiger charge is 1.87. The molecule has 1 aliphatic heterocycles. The van der Waals surface area contributed by atoms with Crippen LogP contribution in [0.3, 0.4) is 0 Å². The lowest BCUT2D eigenvalue weighted by atomic mass is 10.5. The van der Waals surface area contributed by atoms with E-state index in [1.54, 1.807) is 11.9 Å². The van der Waals surface area contributed by atoms with Crippen molar-refractivity contribution in [2.45, 2.75) is 19.4 Å². The third-order valence-electron chi connectivity index (χ3n) is 0.752. The highest BCUT2D eigenvalue weighted by molar-refractivity contribution is 7.98. The van der Waals surface area contributed by atoms with Crippen LogP contribution in [-0.2, 0) is 0 Å². The van der Waals surface area contributed by atoms with E-state index < -0.39 is 6.10 Å². The maximum absolute atomic E-state index is 8.11. The van der Waals surface area contributed by atoms with Crippen molar-refractivity contribution in [3.63, 3.8) is 0 Å². The van der Waals surface area contributed by atoms with E-state index >= 15 is 0 Å². The van der Waals surface area contributed by atoms with Crippen LogP contribution < -0.4 is 0 Å². The Labute approximate surface area is 65.3 Å². The lowest BCUT2D eigenvalue weighted by molar-refractivity contribution is 0.110. The third-order valence-corrected chi connectivity index (χ3v) is 1.47. The van der Waals surface area contributed by atoms with Crippen LogP contribution >= 0.6 is 11.9 Å². The molecule has 1 atom stereocenters. The van der Waals surface area contributed by atoms with Gasteiger partial charge in [0.15, 0.2) is 0 Å². The number of aliphatic hydroxyl groups excluding tert-OH is 2. The Morgan fingerprint density at radius 2 is 2.40 bits per heavy atom. The molecule has 0 bridgehead atoms. The first kappa shape index (κ1) is 9.94. The first-order valence-corrected chi connectivity index (χ1v) is 4.14. The fraction of sp³-hybridized carbons (Fsp3) is 0.833. The summed E-state index contributed by atoms with van der Waals surface area (Å²) in [5.74, 6) is 1.19. The Bertz CT molecular complexity index is 89.7. The van der Waals surface area contributed by atoms with Gasteiger partial charge in [-0.2, -0.15) is 0 Å². The van der Waals surface area contributed by atoms with Crippen LogP contribution in [0.25, 0.3) is 0 Å². The highest BCUT2D eigenvalue weighted by atomic mass is 32.2. The third kappa shape index (κ3) is 7.94. The van der Waals surface area contributed by atoms with Crippen LogP contribution in [0.4, 0.5) is 0 Å². The molecule has 4 heteroatoms. The summed E-state index contributed by atoms with van der Waals surface area (Å²) in [7, 11) is 0. The molecule has 1 heterocycles. The fourth-order valence-electron chi connectivity index (χ4n) is 0.264. The van der Waals surface area contributed by atoms with Gasteiger partial charge in [-0.05, 0) is 25.3 Å². The Kier molecular flexibility index (Phi) is 7.01. The molecule has 10 heavy (non-hydrogen) atoms. The maximum Gasteiger partial charge on any atom is 0.0742 e. The van der Waals surface area contributed by atoms with E-state index in [0.29, 0.717) is 0 Å². The number of hydrogen-bond donors (Lipinski definition) is 2. The molecule has 2 N–H and O–H groups in total. The van der Waals surface area contributed by atoms with Crippen molar-refractivity contribution in [3.8, 4) is 0 Å². The quantitative estimate of drug-likeness (QED) is 0.552. The van der Waals surface area contributed by atoms with E-state index in [9.17, 15) is 0 Å². The first-order chi connectivity index (χ1) is 4.77. The minimum atomic E-state index is -0.560. The summed E-state index contributed by atoms with van der Waals surface area (Å²) in [5.41, 5.74) is 0. The normalized spacial score (nSPS) is 17.9. The molecule has 1 unspecified atom stereocenters. The van der Waals surface area contributed by atoms with Gasteiger partial charge in [-0.1, -0.05) is 0 Å². The second-order valence-corrected chi connectivity index (χ2v) is 2.82. The molecule has 0 spiro atoms. The minimum absolute atomic E-state index is 0.139. The van der Waals surface area contributed by atoms with Crippen molar-refractivity contribution in [1.82, 2.24) is 0 Å². The van der Waals surface area contributed by atoms with Gasteiger partial charge in [0.05, 0.1) is 12.7 Å². The van der Waals surface area contributed by atoms with Gasteiger partial charge in [-0.15, -0.1) is 0 Å². The minimum Gasteiger partial charge on any atom is -0.394 e. The highest BCUT2D eigenvalue weighted by Crippen LogP contribution is 2.07. The first-order valence-electron chi connectivity index (χ1n) is 3.20. The molecule has 0 saturated heterocycles. The van der Waals surface area contributed by atoms with Crippen LogP contribution in [0.5, 0.6) is 0 Å². The molecular weight excluding hydrogens is 150 g/mol. The molecule has 1 aliphatic rings. The van der Waals surface area contributed by atoms with E-state index in [-0.39, 0.29) is 6.61 Å². The fourth-order valence-corrected chi connectivity index (χ4v) is 0.791. The average Bonchev–Trinajstić information content (AvgIpc) is 2.43. The second kappa shape index (κ2) is 7.05. The predicted octanol–water partition coefficient (Wildman–Crippen LogP) is 0.469. The van der Waals surface area contributed by atoms with Gasteiger partial charge in [0.1, 0.15) is 0 Å². The molecule has 0 aromatic carbocycles. The largest absolute Gasteiger partial charge is 0.394 e. The van der Waals surface area contributed by atoms with Crippen molar-refractivity contribution in [3.05, 3.63) is 0 Å². The molecule has 3 nitrogen and oxygen atoms in total. The molecule has 60 valence electrons. The summed E-state index contributed by atoms with van der Waals surface area (Å²) < 4.78 is 3.88. The van der Waals surface area contributed by atoms with Gasteiger partial charge in [0, 0.05) is 12.0 Å². The average molecular weight is 163 g/mol. The SMILES string of the molecule is C1=NSCC1.CC(O)CO. The number of rotatable bonds is 1. The Hall–Kier alpha value is -0.0600. The Morgan fingerprint density at radius 1 is 1.80 bits per heavy atom. The topological polar surface area (TPSA) is 52.8 Å². The van der Waals surface area contributed by atoms with Crippen LogP contribution in [0.15, 0.2) is 4.40 Å². The molecule has 0 radical (unpaired) electrons. The zero-order valence-corrected chi connectivity index (χ0v) is 6.84. The van der Waals surface area contributed by atoms with Gasteiger partial charge < -0.3 is 10.2 Å². The maximum atomic E-state index is 8.11. The predicted molar refractivity (Wildman–Crippen MR) is 44.3 cm³/mol. The van der Waals surface area contributed by atoms with Crippen LogP contribution in [0.2, 0.25) is 0 Å². The molecule has 1 rings (SSSR count). The smallest absolute Gasteiger partial charge is 0.0742 e. The van der Waals surface area contributed by atoms with Crippen molar-refractivity contribution >= 4 is 18.2 Å². The summed E-state index contributed by atoms with van der Waals surface area (Å²) in [4.78, 5) is 0. The standard InChI is InChI=1S/C3H5NS.C3H8O2/c1-2-4-5-3-1;1-3(5)2-4/h2H,1,3H2;3-5H,2H2,1H3. The lowest BCUT2D eigenvalue weighted by Gasteiger charge is -1.90. The van der Waals surface area contributed by atoms with Gasteiger partial charge in [0.2, 0.25) is 0 Å². The molecule has 0 aromatic heterocycles. The summed E-state index contributed by atoms with van der Waals surface area (Å²) in [5, 5.41) is 16.0. The van der Waals surface area contributed by atoms with E-state index in [0.717, 1.165) is 0 Å². The van der Waals surface area contributed by atoms with Gasteiger partial charge in [-0.25, -0.2) is 4.40 Å². The van der Waals surface area contributed by atoms with Crippen molar-refractivity contribution < 1.29 is 10.2 Å². The van der Waals surface area contributed by atoms with Crippen molar-refractivity contribution in [2.24, 2.45) is 4.40 Å². The Balaban J connectivity index is 0.000000162. The van der Waals surface area contributed by atoms with Crippen LogP contribution in [0, 0.1) is 0 Å².